The van der Waals surface area contributed by atoms with Gasteiger partial charge in [0.05, 0.1) is 25.7 Å². The van der Waals surface area contributed by atoms with E-state index in [4.69, 9.17) is 17.3 Å². The zero-order valence-corrected chi connectivity index (χ0v) is 15.2. The zero-order chi connectivity index (χ0) is 17.3. The van der Waals surface area contributed by atoms with Gasteiger partial charge in [0.15, 0.2) is 7.85 Å². The summed E-state index contributed by atoms with van der Waals surface area (Å²) in [7, 11) is 8.06. The Morgan fingerprint density at radius 1 is 1.17 bits per heavy atom. The van der Waals surface area contributed by atoms with Crippen molar-refractivity contribution in [3.8, 4) is 11.9 Å². The molecule has 0 aromatic rings. The van der Waals surface area contributed by atoms with Gasteiger partial charge in [0.2, 0.25) is 11.8 Å². The van der Waals surface area contributed by atoms with Crippen molar-refractivity contribution < 1.29 is 19.1 Å². The highest BCUT2D eigenvalue weighted by molar-refractivity contribution is 8.76. The number of hydrogen-bond donors (Lipinski definition) is 2. The summed E-state index contributed by atoms with van der Waals surface area (Å²) in [6.07, 6.45) is 0.777. The minimum absolute atomic E-state index is 0.000842. The quantitative estimate of drug-likeness (QED) is 0.127. The number of carbonyl (C=O) groups is 2. The van der Waals surface area contributed by atoms with Crippen molar-refractivity contribution in [2.24, 2.45) is 0 Å². The van der Waals surface area contributed by atoms with E-state index in [0.29, 0.717) is 32.1 Å². The average Bonchev–Trinajstić information content (AvgIpc) is 2.50. The number of rotatable bonds is 13. The van der Waals surface area contributed by atoms with Gasteiger partial charge in [-0.1, -0.05) is 21.6 Å². The highest BCUT2D eigenvalue weighted by Gasteiger charge is 2.02. The Hall–Kier alpha value is -0.815. The predicted octanol–water partition coefficient (Wildman–Crippen LogP) is 0.866. The van der Waals surface area contributed by atoms with E-state index in [2.05, 4.69) is 22.5 Å². The van der Waals surface area contributed by atoms with Crippen LogP contribution in [0.1, 0.15) is 26.7 Å². The highest BCUT2D eigenvalue weighted by atomic mass is 33.1. The van der Waals surface area contributed by atoms with Gasteiger partial charge in [-0.3, -0.25) is 14.9 Å². The van der Waals surface area contributed by atoms with E-state index in [0.717, 1.165) is 5.75 Å². The molecule has 0 rings (SSSR count). The molecule has 2 N–H and O–H groups in total. The Balaban J connectivity index is 3.28. The number of carbonyl (C=O) groups excluding carboxylic acids is 2. The molecule has 0 bridgehead atoms. The first-order chi connectivity index (χ1) is 11.1. The topological polar surface area (TPSA) is 76.7 Å². The highest BCUT2D eigenvalue weighted by Crippen LogP contribution is 2.20. The molecule has 0 fully saturated rings. The van der Waals surface area contributed by atoms with Crippen LogP contribution in [0.15, 0.2) is 0 Å². The maximum absolute atomic E-state index is 11.5. The summed E-state index contributed by atoms with van der Waals surface area (Å²) >= 11 is 0. The maximum atomic E-state index is 11.5. The standard InChI is InChI=1S/C14H23BN2O4S2/c1-12(2)21-9-4-14(19)17-7-10-22-23-11-20-8-3-13(18)16-6-5-15/h12H,3-4,7-11H2,1-2H3,(H,16,18)(H,17,19). The lowest BCUT2D eigenvalue weighted by Crippen LogP contribution is -2.26. The van der Waals surface area contributed by atoms with Crippen molar-refractivity contribution in [3.05, 3.63) is 0 Å². The molecule has 0 heterocycles. The molecule has 0 unspecified atom stereocenters. The molecule has 0 aliphatic rings. The van der Waals surface area contributed by atoms with Crippen LogP contribution in [-0.4, -0.2) is 57.2 Å². The molecule has 6 nitrogen and oxygen atoms in total. The van der Waals surface area contributed by atoms with Crippen LogP contribution in [0.25, 0.3) is 0 Å². The van der Waals surface area contributed by atoms with Crippen LogP contribution < -0.4 is 10.6 Å². The molecule has 0 atom stereocenters. The van der Waals surface area contributed by atoms with E-state index >= 15 is 0 Å². The minimum atomic E-state index is -0.218. The third-order valence-electron chi connectivity index (χ3n) is 2.25. The molecule has 0 aromatic carbocycles. The van der Waals surface area contributed by atoms with E-state index in [1.165, 1.54) is 10.8 Å². The molecular formula is C14H23BN2O4S2. The van der Waals surface area contributed by atoms with E-state index in [1.54, 1.807) is 10.8 Å². The third-order valence-corrected chi connectivity index (χ3v) is 4.34. The molecule has 23 heavy (non-hydrogen) atoms. The first-order valence-electron chi connectivity index (χ1n) is 7.26. The molecule has 0 saturated carbocycles. The van der Waals surface area contributed by atoms with Gasteiger partial charge in [0.1, 0.15) is 5.94 Å². The van der Waals surface area contributed by atoms with Gasteiger partial charge in [-0.15, -0.1) is 5.82 Å². The smallest absolute Gasteiger partial charge is 0.233 e. The predicted molar refractivity (Wildman–Crippen MR) is 95.9 cm³/mol. The number of nitrogens with one attached hydrogen (secondary N) is 2. The second-order valence-corrected chi connectivity index (χ2v) is 7.08. The molecule has 0 spiro atoms. The fourth-order valence-electron chi connectivity index (χ4n) is 1.23. The van der Waals surface area contributed by atoms with Gasteiger partial charge < -0.3 is 14.8 Å². The molecule has 0 aliphatic heterocycles. The second kappa shape index (κ2) is 16.1. The van der Waals surface area contributed by atoms with Crippen LogP contribution in [0.2, 0.25) is 0 Å². The molecule has 0 saturated heterocycles. The third kappa shape index (κ3) is 17.4. The number of hydrogen-bond acceptors (Lipinski definition) is 6. The second-order valence-electron chi connectivity index (χ2n) is 4.55. The minimum Gasteiger partial charge on any atom is -0.378 e. The molecule has 0 aromatic heterocycles. The number of ether oxygens (including phenoxy) is 2. The van der Waals surface area contributed by atoms with Gasteiger partial charge in [-0.05, 0) is 19.9 Å². The fraction of sp³-hybridized carbons (Fsp3) is 0.714. The summed E-state index contributed by atoms with van der Waals surface area (Å²) in [6, 6.07) is 2.27. The van der Waals surface area contributed by atoms with Crippen LogP contribution >= 0.6 is 21.6 Å². The largest absolute Gasteiger partial charge is 0.378 e. The fourth-order valence-corrected chi connectivity index (χ4v) is 2.80. The van der Waals surface area contributed by atoms with Gasteiger partial charge >= 0.3 is 0 Å². The molecule has 2 amide bonds. The lowest BCUT2D eigenvalue weighted by molar-refractivity contribution is -0.122. The van der Waals surface area contributed by atoms with Gasteiger partial charge in [-0.25, -0.2) is 0 Å². The monoisotopic (exact) mass is 358 g/mol. The van der Waals surface area contributed by atoms with Crippen LogP contribution in [0, 0.1) is 11.9 Å². The van der Waals surface area contributed by atoms with Gasteiger partial charge in [-0.2, -0.15) is 0 Å². The van der Waals surface area contributed by atoms with Gasteiger partial charge in [0.25, 0.3) is 0 Å². The summed E-state index contributed by atoms with van der Waals surface area (Å²) in [5.41, 5.74) is 0. The van der Waals surface area contributed by atoms with E-state index < -0.39 is 0 Å². The Morgan fingerprint density at radius 2 is 1.91 bits per heavy atom. The molecular weight excluding hydrogens is 335 g/mol. The average molecular weight is 358 g/mol. The Labute approximate surface area is 147 Å². The van der Waals surface area contributed by atoms with Crippen molar-refractivity contribution in [1.29, 1.82) is 0 Å². The van der Waals surface area contributed by atoms with Crippen molar-refractivity contribution >= 4 is 41.2 Å². The summed E-state index contributed by atoms with van der Waals surface area (Å²) < 4.78 is 10.6. The Kier molecular flexibility index (Phi) is 15.5. The zero-order valence-electron chi connectivity index (χ0n) is 13.6. The van der Waals surface area contributed by atoms with Crippen LogP contribution in [0.4, 0.5) is 0 Å². The maximum Gasteiger partial charge on any atom is 0.233 e. The number of amides is 2. The normalized spacial score (nSPS) is 10.0. The van der Waals surface area contributed by atoms with Crippen LogP contribution in [0.3, 0.4) is 0 Å². The van der Waals surface area contributed by atoms with Crippen LogP contribution in [-0.2, 0) is 19.1 Å². The van der Waals surface area contributed by atoms with E-state index in [1.807, 2.05) is 13.8 Å². The Bertz CT molecular complexity index is 400. The lowest BCUT2D eigenvalue weighted by Gasteiger charge is -2.08. The summed E-state index contributed by atoms with van der Waals surface area (Å²) in [5, 5.41) is 5.14. The van der Waals surface area contributed by atoms with Crippen LogP contribution in [0.5, 0.6) is 0 Å². The summed E-state index contributed by atoms with van der Waals surface area (Å²) in [4.78, 5) is 22.6. The SMILES string of the molecule is [B]C#CNC(=O)CCOCSSCCNC(=O)CCOC(C)C. The van der Waals surface area contributed by atoms with E-state index in [-0.39, 0.29) is 24.3 Å². The van der Waals surface area contributed by atoms with Crippen molar-refractivity contribution in [2.45, 2.75) is 32.8 Å². The first kappa shape index (κ1) is 22.2. The van der Waals surface area contributed by atoms with Gasteiger partial charge in [0, 0.05) is 18.7 Å². The molecule has 0 aliphatic carbocycles. The van der Waals surface area contributed by atoms with Crippen molar-refractivity contribution in [1.82, 2.24) is 10.6 Å². The van der Waals surface area contributed by atoms with Crippen molar-refractivity contribution in [2.75, 3.05) is 31.5 Å². The summed E-state index contributed by atoms with van der Waals surface area (Å²) in [6.45, 7) is 5.27. The molecule has 2 radical (unpaired) electrons. The Morgan fingerprint density at radius 3 is 2.61 bits per heavy atom. The first-order valence-corrected chi connectivity index (χ1v) is 9.75. The molecule has 9 heteroatoms. The summed E-state index contributed by atoms with van der Waals surface area (Å²) in [5.74, 6) is 3.14. The van der Waals surface area contributed by atoms with Crippen molar-refractivity contribution in [3.63, 3.8) is 0 Å². The lowest BCUT2D eigenvalue weighted by atomic mass is 10.2. The van der Waals surface area contributed by atoms with E-state index in [9.17, 15) is 9.59 Å². The molecule has 128 valence electrons.